The minimum absolute atomic E-state index is 0.0493. The molecule has 1 unspecified atom stereocenters. The molecular weight excluding hydrogens is 471 g/mol. The van der Waals surface area contributed by atoms with E-state index in [2.05, 4.69) is 22.4 Å². The van der Waals surface area contributed by atoms with E-state index >= 15 is 0 Å². The largest absolute Gasteiger partial charge is 0.482 e. The van der Waals surface area contributed by atoms with Gasteiger partial charge in [0.25, 0.3) is 5.91 Å². The first-order chi connectivity index (χ1) is 15.4. The Kier molecular flexibility index (Phi) is 6.93. The Hall–Kier alpha value is -2.68. The van der Waals surface area contributed by atoms with Gasteiger partial charge in [0, 0.05) is 29.6 Å². The molecule has 10 heteroatoms. The minimum Gasteiger partial charge on any atom is -0.482 e. The average molecular weight is 491 g/mol. The Labute approximate surface area is 199 Å². The molecule has 1 fully saturated rings. The van der Waals surface area contributed by atoms with Gasteiger partial charge in [0.2, 0.25) is 11.0 Å². The summed E-state index contributed by atoms with van der Waals surface area (Å²) in [5.41, 5.74) is 2.11. The van der Waals surface area contributed by atoms with Crippen LogP contribution in [0.3, 0.4) is 0 Å². The predicted octanol–water partition coefficient (Wildman–Crippen LogP) is 4.95. The van der Waals surface area contributed by atoms with Crippen LogP contribution < -0.4 is 15.0 Å². The molecule has 1 aromatic heterocycles. The fraction of sp³-hybridized carbons (Fsp3) is 0.273. The first-order valence-electron chi connectivity index (χ1n) is 10.0. The summed E-state index contributed by atoms with van der Waals surface area (Å²) in [6.45, 7) is 2.39. The molecule has 2 heterocycles. The van der Waals surface area contributed by atoms with E-state index in [0.29, 0.717) is 38.9 Å². The fourth-order valence-electron chi connectivity index (χ4n) is 3.38. The Balaban J connectivity index is 1.34. The molecule has 1 aliphatic heterocycles. The summed E-state index contributed by atoms with van der Waals surface area (Å²) < 4.78 is 5.43. The van der Waals surface area contributed by atoms with Crippen molar-refractivity contribution >= 4 is 57.2 Å². The standard InChI is InChI=1S/C22H20Cl2N4O3S/c1-2-13-3-6-16(7-4-13)28-11-14(9-20(28)30)21-26-27-22(32-21)25-19(29)12-31-18-8-5-15(23)10-17(18)24/h3-8,10,14H,2,9,11-12H2,1H3,(H,25,27,29). The van der Waals surface area contributed by atoms with Gasteiger partial charge in [0.15, 0.2) is 6.61 Å². The summed E-state index contributed by atoms with van der Waals surface area (Å²) in [7, 11) is 0. The van der Waals surface area contributed by atoms with Gasteiger partial charge in [-0.3, -0.25) is 14.9 Å². The van der Waals surface area contributed by atoms with E-state index in [1.54, 1.807) is 17.0 Å². The van der Waals surface area contributed by atoms with Crippen LogP contribution >= 0.6 is 34.5 Å². The molecule has 1 aliphatic rings. The van der Waals surface area contributed by atoms with Crippen LogP contribution in [0.5, 0.6) is 5.75 Å². The van der Waals surface area contributed by atoms with Gasteiger partial charge in [0.05, 0.1) is 5.02 Å². The van der Waals surface area contributed by atoms with Gasteiger partial charge in [0.1, 0.15) is 10.8 Å². The lowest BCUT2D eigenvalue weighted by Gasteiger charge is -2.16. The zero-order valence-corrected chi connectivity index (χ0v) is 19.5. The minimum atomic E-state index is -0.390. The smallest absolute Gasteiger partial charge is 0.264 e. The zero-order valence-electron chi connectivity index (χ0n) is 17.2. The normalized spacial score (nSPS) is 15.8. The van der Waals surface area contributed by atoms with Gasteiger partial charge in [-0.15, -0.1) is 10.2 Å². The van der Waals surface area contributed by atoms with Crippen LogP contribution in [-0.2, 0) is 16.0 Å². The molecule has 1 saturated heterocycles. The van der Waals surface area contributed by atoms with Crippen LogP contribution in [-0.4, -0.2) is 35.2 Å². The number of aromatic nitrogens is 2. The van der Waals surface area contributed by atoms with Gasteiger partial charge in [-0.2, -0.15) is 0 Å². The van der Waals surface area contributed by atoms with Gasteiger partial charge in [-0.1, -0.05) is 53.6 Å². The maximum absolute atomic E-state index is 12.5. The lowest BCUT2D eigenvalue weighted by Crippen LogP contribution is -2.24. The maximum atomic E-state index is 12.5. The van der Waals surface area contributed by atoms with Gasteiger partial charge < -0.3 is 9.64 Å². The third-order valence-corrected chi connectivity index (χ3v) is 6.60. The highest BCUT2D eigenvalue weighted by Gasteiger charge is 2.34. The third-order valence-electron chi connectivity index (χ3n) is 5.07. The number of hydrogen-bond donors (Lipinski definition) is 1. The highest BCUT2D eigenvalue weighted by Crippen LogP contribution is 2.34. The summed E-state index contributed by atoms with van der Waals surface area (Å²) in [4.78, 5) is 26.5. The Morgan fingerprint density at radius 3 is 2.72 bits per heavy atom. The number of anilines is 2. The quantitative estimate of drug-likeness (QED) is 0.506. The summed E-state index contributed by atoms with van der Waals surface area (Å²) in [5.74, 6) is -0.0477. The molecule has 32 heavy (non-hydrogen) atoms. The van der Waals surface area contributed by atoms with Crippen LogP contribution in [0.25, 0.3) is 0 Å². The van der Waals surface area contributed by atoms with Crippen LogP contribution in [0.2, 0.25) is 10.0 Å². The molecule has 0 radical (unpaired) electrons. The number of carbonyl (C=O) groups excluding carboxylic acids is 2. The van der Waals surface area contributed by atoms with Crippen molar-refractivity contribution in [1.82, 2.24) is 10.2 Å². The second kappa shape index (κ2) is 9.85. The van der Waals surface area contributed by atoms with E-state index in [4.69, 9.17) is 27.9 Å². The number of aryl methyl sites for hydroxylation is 1. The SMILES string of the molecule is CCc1ccc(N2CC(c3nnc(NC(=O)COc4ccc(Cl)cc4Cl)s3)CC2=O)cc1. The number of ether oxygens (including phenoxy) is 1. The zero-order chi connectivity index (χ0) is 22.7. The number of carbonyl (C=O) groups is 2. The number of benzene rings is 2. The molecule has 1 N–H and O–H groups in total. The molecule has 1 atom stereocenters. The Bertz CT molecular complexity index is 1140. The molecule has 0 saturated carbocycles. The summed E-state index contributed by atoms with van der Waals surface area (Å²) >= 11 is 13.1. The van der Waals surface area contributed by atoms with Gasteiger partial charge in [-0.05, 0) is 42.3 Å². The molecule has 166 valence electrons. The molecule has 3 aromatic rings. The van der Waals surface area contributed by atoms with E-state index in [1.807, 2.05) is 24.3 Å². The summed E-state index contributed by atoms with van der Waals surface area (Å²) in [5, 5.41) is 12.8. The summed E-state index contributed by atoms with van der Waals surface area (Å²) in [6, 6.07) is 12.8. The number of nitrogens with one attached hydrogen (secondary N) is 1. The molecule has 2 aromatic carbocycles. The average Bonchev–Trinajstić information content (AvgIpc) is 3.39. The van der Waals surface area contributed by atoms with Crippen molar-refractivity contribution < 1.29 is 14.3 Å². The Morgan fingerprint density at radius 2 is 2.00 bits per heavy atom. The topological polar surface area (TPSA) is 84.4 Å². The van der Waals surface area contributed by atoms with E-state index < -0.39 is 0 Å². The van der Waals surface area contributed by atoms with Crippen molar-refractivity contribution in [3.63, 3.8) is 0 Å². The predicted molar refractivity (Wildman–Crippen MR) is 126 cm³/mol. The number of amides is 2. The van der Waals surface area contributed by atoms with Crippen molar-refractivity contribution in [2.45, 2.75) is 25.7 Å². The molecular formula is C22H20Cl2N4O3S. The number of hydrogen-bond acceptors (Lipinski definition) is 6. The first-order valence-corrected chi connectivity index (χ1v) is 11.6. The molecule has 0 aliphatic carbocycles. The molecule has 0 bridgehead atoms. The highest BCUT2D eigenvalue weighted by molar-refractivity contribution is 7.15. The molecule has 7 nitrogen and oxygen atoms in total. The number of halogens is 2. The number of rotatable bonds is 7. The van der Waals surface area contributed by atoms with Crippen molar-refractivity contribution in [1.29, 1.82) is 0 Å². The van der Waals surface area contributed by atoms with Crippen molar-refractivity contribution in [2.24, 2.45) is 0 Å². The van der Waals surface area contributed by atoms with Gasteiger partial charge in [-0.25, -0.2) is 0 Å². The highest BCUT2D eigenvalue weighted by atomic mass is 35.5. The lowest BCUT2D eigenvalue weighted by molar-refractivity contribution is -0.118. The monoisotopic (exact) mass is 490 g/mol. The second-order valence-electron chi connectivity index (χ2n) is 7.28. The van der Waals surface area contributed by atoms with Crippen molar-refractivity contribution in [3.05, 3.63) is 63.1 Å². The first kappa shape index (κ1) is 22.5. The molecule has 2 amide bonds. The second-order valence-corrected chi connectivity index (χ2v) is 9.14. The van der Waals surface area contributed by atoms with Crippen LogP contribution in [0, 0.1) is 0 Å². The maximum Gasteiger partial charge on any atom is 0.264 e. The van der Waals surface area contributed by atoms with Crippen LogP contribution in [0.15, 0.2) is 42.5 Å². The summed E-state index contributed by atoms with van der Waals surface area (Å²) in [6.07, 6.45) is 1.31. The van der Waals surface area contributed by atoms with Gasteiger partial charge >= 0.3 is 0 Å². The van der Waals surface area contributed by atoms with Crippen molar-refractivity contribution in [3.8, 4) is 5.75 Å². The molecule has 0 spiro atoms. The number of nitrogens with zero attached hydrogens (tertiary/aromatic N) is 3. The van der Waals surface area contributed by atoms with E-state index in [0.717, 1.165) is 12.1 Å². The van der Waals surface area contributed by atoms with E-state index in [9.17, 15) is 9.59 Å². The molecule has 4 rings (SSSR count). The van der Waals surface area contributed by atoms with Crippen molar-refractivity contribution in [2.75, 3.05) is 23.4 Å². The van der Waals surface area contributed by atoms with E-state index in [1.165, 1.54) is 23.0 Å². The third kappa shape index (κ3) is 5.20. The Morgan fingerprint density at radius 1 is 1.22 bits per heavy atom. The van der Waals surface area contributed by atoms with Crippen LogP contribution in [0.4, 0.5) is 10.8 Å². The lowest BCUT2D eigenvalue weighted by atomic mass is 10.1. The fourth-order valence-corrected chi connectivity index (χ4v) is 4.69. The van der Waals surface area contributed by atoms with E-state index in [-0.39, 0.29) is 24.3 Å². The van der Waals surface area contributed by atoms with Crippen LogP contribution in [0.1, 0.15) is 29.8 Å².